The number of ether oxygens (including phenoxy) is 1. The highest BCUT2D eigenvalue weighted by Crippen LogP contribution is 1.97. The Labute approximate surface area is 71.8 Å². The fourth-order valence-electron chi connectivity index (χ4n) is 0.555. The first-order valence-electron chi connectivity index (χ1n) is 3.60. The first-order chi connectivity index (χ1) is 5.07. The van der Waals surface area contributed by atoms with E-state index in [1.165, 1.54) is 0 Å². The van der Waals surface area contributed by atoms with Crippen molar-refractivity contribution in [2.75, 3.05) is 5.88 Å². The molecule has 0 aromatic rings. The molecule has 0 aromatic heterocycles. The van der Waals surface area contributed by atoms with E-state index in [2.05, 4.69) is 0 Å². The number of esters is 1. The molecule has 2 N–H and O–H groups in total. The van der Waals surface area contributed by atoms with Crippen LogP contribution in [0.15, 0.2) is 0 Å². The van der Waals surface area contributed by atoms with Crippen molar-refractivity contribution in [2.24, 2.45) is 5.73 Å². The van der Waals surface area contributed by atoms with Crippen LogP contribution in [0, 0.1) is 0 Å². The minimum absolute atomic E-state index is 0.108. The second-order valence-electron chi connectivity index (χ2n) is 2.57. The maximum Gasteiger partial charge on any atom is 0.323 e. The second kappa shape index (κ2) is 5.38. The van der Waals surface area contributed by atoms with E-state index in [0.717, 1.165) is 0 Å². The normalized spacial score (nSPS) is 13.2. The minimum atomic E-state index is -0.574. The number of hydrogen-bond donors (Lipinski definition) is 1. The number of alkyl halides is 1. The molecule has 0 radical (unpaired) electrons. The maximum absolute atomic E-state index is 10.9. The van der Waals surface area contributed by atoms with Crippen LogP contribution in [-0.2, 0) is 9.53 Å². The monoisotopic (exact) mass is 179 g/mol. The van der Waals surface area contributed by atoms with E-state index in [1.54, 1.807) is 13.8 Å². The van der Waals surface area contributed by atoms with Crippen LogP contribution < -0.4 is 5.73 Å². The molecule has 0 fully saturated rings. The summed E-state index contributed by atoms with van der Waals surface area (Å²) in [7, 11) is 0. The van der Waals surface area contributed by atoms with Gasteiger partial charge in [-0.2, -0.15) is 0 Å². The summed E-state index contributed by atoms with van der Waals surface area (Å²) in [4.78, 5) is 10.9. The van der Waals surface area contributed by atoms with Gasteiger partial charge in [0.25, 0.3) is 0 Å². The van der Waals surface area contributed by atoms with Gasteiger partial charge >= 0.3 is 5.97 Å². The largest absolute Gasteiger partial charge is 0.462 e. The van der Waals surface area contributed by atoms with Crippen LogP contribution in [0.4, 0.5) is 0 Å². The average Bonchev–Trinajstić information content (AvgIpc) is 1.86. The molecular formula is C7H14ClNO2. The smallest absolute Gasteiger partial charge is 0.323 e. The van der Waals surface area contributed by atoms with Crippen molar-refractivity contribution in [1.82, 2.24) is 0 Å². The van der Waals surface area contributed by atoms with Gasteiger partial charge in [-0.1, -0.05) is 0 Å². The predicted molar refractivity (Wildman–Crippen MR) is 44.5 cm³/mol. The third kappa shape index (κ3) is 5.04. The molecule has 0 aromatic carbocycles. The zero-order chi connectivity index (χ0) is 8.85. The van der Waals surface area contributed by atoms with E-state index < -0.39 is 6.04 Å². The van der Waals surface area contributed by atoms with Gasteiger partial charge in [0, 0.05) is 5.88 Å². The Balaban J connectivity index is 3.64. The van der Waals surface area contributed by atoms with Crippen molar-refractivity contribution in [3.05, 3.63) is 0 Å². The standard InChI is InChI=1S/C7H14ClNO2/c1-5(2)11-7(10)6(9)3-4-8/h5-6H,3-4,9H2,1-2H3/t6-/m0/s1. The summed E-state index contributed by atoms with van der Waals surface area (Å²) in [6, 6.07) is -0.574. The topological polar surface area (TPSA) is 52.3 Å². The number of halogens is 1. The lowest BCUT2D eigenvalue weighted by atomic mass is 10.2. The van der Waals surface area contributed by atoms with E-state index in [-0.39, 0.29) is 12.1 Å². The fraction of sp³-hybridized carbons (Fsp3) is 0.857. The van der Waals surface area contributed by atoms with E-state index >= 15 is 0 Å². The Kier molecular flexibility index (Phi) is 5.24. The number of carbonyl (C=O) groups excluding carboxylic acids is 1. The predicted octanol–water partition coefficient (Wildman–Crippen LogP) is 0.894. The second-order valence-corrected chi connectivity index (χ2v) is 2.95. The van der Waals surface area contributed by atoms with Crippen molar-refractivity contribution in [1.29, 1.82) is 0 Å². The van der Waals surface area contributed by atoms with E-state index in [1.807, 2.05) is 0 Å². The van der Waals surface area contributed by atoms with Crippen molar-refractivity contribution in [2.45, 2.75) is 32.4 Å². The lowest BCUT2D eigenvalue weighted by Gasteiger charge is -2.12. The summed E-state index contributed by atoms with van der Waals surface area (Å²) in [6.45, 7) is 3.57. The van der Waals surface area contributed by atoms with Gasteiger partial charge in [0.15, 0.2) is 0 Å². The van der Waals surface area contributed by atoms with Gasteiger partial charge in [0.05, 0.1) is 6.10 Å². The molecule has 0 saturated heterocycles. The van der Waals surface area contributed by atoms with Crippen LogP contribution in [-0.4, -0.2) is 24.0 Å². The highest BCUT2D eigenvalue weighted by molar-refractivity contribution is 6.18. The first-order valence-corrected chi connectivity index (χ1v) is 4.13. The quantitative estimate of drug-likeness (QED) is 0.515. The molecule has 0 bridgehead atoms. The van der Waals surface area contributed by atoms with Gasteiger partial charge in [0.1, 0.15) is 6.04 Å². The molecule has 0 rings (SSSR count). The van der Waals surface area contributed by atoms with Gasteiger partial charge in [-0.15, -0.1) is 11.6 Å². The summed E-state index contributed by atoms with van der Waals surface area (Å²) in [5.41, 5.74) is 5.42. The molecule has 4 heteroatoms. The SMILES string of the molecule is CC(C)OC(=O)[C@@H](N)CCCl. The molecule has 0 aliphatic rings. The van der Waals surface area contributed by atoms with Gasteiger partial charge in [-0.3, -0.25) is 4.79 Å². The molecule has 0 saturated carbocycles. The zero-order valence-electron chi connectivity index (χ0n) is 6.84. The third-order valence-corrected chi connectivity index (χ3v) is 1.29. The van der Waals surface area contributed by atoms with Crippen molar-refractivity contribution in [3.63, 3.8) is 0 Å². The molecule has 0 spiro atoms. The Hall–Kier alpha value is -0.280. The number of nitrogens with two attached hydrogens (primary N) is 1. The van der Waals surface area contributed by atoms with Gasteiger partial charge < -0.3 is 10.5 Å². The molecule has 11 heavy (non-hydrogen) atoms. The zero-order valence-corrected chi connectivity index (χ0v) is 7.60. The first kappa shape index (κ1) is 10.7. The van der Waals surface area contributed by atoms with Crippen molar-refractivity contribution < 1.29 is 9.53 Å². The Morgan fingerprint density at radius 3 is 2.55 bits per heavy atom. The summed E-state index contributed by atoms with van der Waals surface area (Å²) in [6.07, 6.45) is 0.358. The maximum atomic E-state index is 10.9. The van der Waals surface area contributed by atoms with E-state index in [0.29, 0.717) is 12.3 Å². The average molecular weight is 180 g/mol. The van der Waals surface area contributed by atoms with Crippen LogP contribution in [0.5, 0.6) is 0 Å². The van der Waals surface area contributed by atoms with Crippen LogP contribution in [0.25, 0.3) is 0 Å². The Morgan fingerprint density at radius 2 is 2.18 bits per heavy atom. The molecular weight excluding hydrogens is 166 g/mol. The van der Waals surface area contributed by atoms with Crippen LogP contribution in [0.3, 0.4) is 0 Å². The van der Waals surface area contributed by atoms with Gasteiger partial charge in [-0.05, 0) is 20.3 Å². The highest BCUT2D eigenvalue weighted by atomic mass is 35.5. The third-order valence-electron chi connectivity index (χ3n) is 1.07. The number of rotatable bonds is 4. The van der Waals surface area contributed by atoms with Crippen molar-refractivity contribution in [3.8, 4) is 0 Å². The summed E-state index contributed by atoms with van der Waals surface area (Å²) >= 11 is 5.39. The van der Waals surface area contributed by atoms with Crippen LogP contribution in [0.1, 0.15) is 20.3 Å². The van der Waals surface area contributed by atoms with Gasteiger partial charge in [-0.25, -0.2) is 0 Å². The molecule has 0 aliphatic carbocycles. The van der Waals surface area contributed by atoms with E-state index in [9.17, 15) is 4.79 Å². The molecule has 66 valence electrons. The fourth-order valence-corrected chi connectivity index (χ4v) is 0.790. The van der Waals surface area contributed by atoms with Crippen molar-refractivity contribution >= 4 is 17.6 Å². The Morgan fingerprint density at radius 1 is 1.64 bits per heavy atom. The van der Waals surface area contributed by atoms with Gasteiger partial charge in [0.2, 0.25) is 0 Å². The van der Waals surface area contributed by atoms with E-state index in [4.69, 9.17) is 22.1 Å². The molecule has 0 amide bonds. The summed E-state index contributed by atoms with van der Waals surface area (Å²) < 4.78 is 4.84. The minimum Gasteiger partial charge on any atom is -0.462 e. The molecule has 0 unspecified atom stereocenters. The Bertz CT molecular complexity index is 128. The molecule has 3 nitrogen and oxygen atoms in total. The molecule has 1 atom stereocenters. The molecule has 0 heterocycles. The molecule has 0 aliphatic heterocycles. The summed E-state index contributed by atoms with van der Waals surface area (Å²) in [5, 5.41) is 0. The van der Waals surface area contributed by atoms with Crippen LogP contribution >= 0.6 is 11.6 Å². The summed E-state index contributed by atoms with van der Waals surface area (Å²) in [5.74, 6) is 0.00890. The lowest BCUT2D eigenvalue weighted by molar-refractivity contribution is -0.149. The highest BCUT2D eigenvalue weighted by Gasteiger charge is 2.14. The van der Waals surface area contributed by atoms with Crippen LogP contribution in [0.2, 0.25) is 0 Å². The number of carbonyl (C=O) groups is 1. The number of hydrogen-bond acceptors (Lipinski definition) is 3. The lowest BCUT2D eigenvalue weighted by Crippen LogP contribution is -2.34.